The quantitative estimate of drug-likeness (QED) is 0.743. The maximum absolute atomic E-state index is 13.4. The normalized spacial score (nSPS) is 22.6. The van der Waals surface area contributed by atoms with Gasteiger partial charge in [0, 0.05) is 32.2 Å². The lowest BCUT2D eigenvalue weighted by Crippen LogP contribution is -2.56. The van der Waals surface area contributed by atoms with Crippen LogP contribution in [-0.2, 0) is 6.54 Å². The molecule has 1 fully saturated rings. The Morgan fingerprint density at radius 1 is 1.35 bits per heavy atom. The number of rotatable bonds is 6. The predicted octanol–water partition coefficient (Wildman–Crippen LogP) is 2.23. The average molecular weight is 277 g/mol. The lowest BCUT2D eigenvalue weighted by Gasteiger charge is -2.42. The molecule has 1 aliphatic heterocycles. The third kappa shape index (κ3) is 3.87. The molecule has 1 unspecified atom stereocenters. The molecule has 3 nitrogen and oxygen atoms in total. The first-order valence-electron chi connectivity index (χ1n) is 7.25. The SMILES string of the molecule is C=NC[C@@H](C)N1CCN(Cc2ccccc2)C(CF)C1. The minimum Gasteiger partial charge on any atom is -0.299 e. The van der Waals surface area contributed by atoms with E-state index in [1.165, 1.54) is 5.56 Å². The fraction of sp³-hybridized carbons (Fsp3) is 0.562. The van der Waals surface area contributed by atoms with Crippen LogP contribution < -0.4 is 0 Å². The fourth-order valence-corrected chi connectivity index (χ4v) is 2.79. The molecule has 1 saturated heterocycles. The number of hydrogen-bond donors (Lipinski definition) is 0. The number of piperazine rings is 1. The smallest absolute Gasteiger partial charge is 0.106 e. The van der Waals surface area contributed by atoms with Crippen LogP contribution in [0.4, 0.5) is 4.39 Å². The van der Waals surface area contributed by atoms with E-state index in [0.717, 1.165) is 32.7 Å². The van der Waals surface area contributed by atoms with Crippen LogP contribution in [0.1, 0.15) is 12.5 Å². The Hall–Kier alpha value is -1.26. The Morgan fingerprint density at radius 2 is 2.10 bits per heavy atom. The third-order valence-corrected chi connectivity index (χ3v) is 4.06. The molecule has 0 aromatic heterocycles. The molecule has 1 aliphatic rings. The second kappa shape index (κ2) is 7.50. The van der Waals surface area contributed by atoms with Gasteiger partial charge in [-0.05, 0) is 19.2 Å². The summed E-state index contributed by atoms with van der Waals surface area (Å²) in [6.45, 7) is 9.59. The van der Waals surface area contributed by atoms with Gasteiger partial charge in [-0.3, -0.25) is 14.8 Å². The number of alkyl halides is 1. The number of halogens is 1. The van der Waals surface area contributed by atoms with Crippen LogP contribution in [0.2, 0.25) is 0 Å². The second-order valence-electron chi connectivity index (χ2n) is 5.51. The maximum Gasteiger partial charge on any atom is 0.106 e. The predicted molar refractivity (Wildman–Crippen MR) is 82.1 cm³/mol. The van der Waals surface area contributed by atoms with E-state index in [9.17, 15) is 4.39 Å². The van der Waals surface area contributed by atoms with Gasteiger partial charge in [-0.25, -0.2) is 4.39 Å². The average Bonchev–Trinajstić information content (AvgIpc) is 2.49. The zero-order valence-electron chi connectivity index (χ0n) is 12.2. The molecular formula is C16H24FN3. The van der Waals surface area contributed by atoms with Gasteiger partial charge in [0.1, 0.15) is 6.67 Å². The summed E-state index contributed by atoms with van der Waals surface area (Å²) < 4.78 is 13.4. The maximum atomic E-state index is 13.4. The Bertz CT molecular complexity index is 409. The summed E-state index contributed by atoms with van der Waals surface area (Å²) in [5, 5.41) is 0. The van der Waals surface area contributed by atoms with E-state index in [2.05, 4.69) is 40.6 Å². The van der Waals surface area contributed by atoms with Gasteiger partial charge >= 0.3 is 0 Å². The second-order valence-corrected chi connectivity index (χ2v) is 5.51. The lowest BCUT2D eigenvalue weighted by atomic mass is 10.1. The molecule has 1 heterocycles. The molecule has 0 spiro atoms. The Balaban J connectivity index is 1.94. The summed E-state index contributed by atoms with van der Waals surface area (Å²) in [5.74, 6) is 0. The largest absolute Gasteiger partial charge is 0.299 e. The summed E-state index contributed by atoms with van der Waals surface area (Å²) >= 11 is 0. The van der Waals surface area contributed by atoms with E-state index in [-0.39, 0.29) is 12.7 Å². The highest BCUT2D eigenvalue weighted by Gasteiger charge is 2.29. The monoisotopic (exact) mass is 277 g/mol. The van der Waals surface area contributed by atoms with Crippen molar-refractivity contribution in [3.8, 4) is 0 Å². The van der Waals surface area contributed by atoms with Gasteiger partial charge in [-0.2, -0.15) is 0 Å². The van der Waals surface area contributed by atoms with Gasteiger partial charge in [-0.1, -0.05) is 30.3 Å². The highest BCUT2D eigenvalue weighted by molar-refractivity contribution is 5.23. The van der Waals surface area contributed by atoms with E-state index in [1.807, 2.05) is 18.2 Å². The summed E-state index contributed by atoms with van der Waals surface area (Å²) in [4.78, 5) is 8.52. The van der Waals surface area contributed by atoms with E-state index in [1.54, 1.807) is 0 Å². The zero-order valence-corrected chi connectivity index (χ0v) is 12.2. The Morgan fingerprint density at radius 3 is 2.75 bits per heavy atom. The van der Waals surface area contributed by atoms with Crippen molar-refractivity contribution >= 4 is 6.72 Å². The van der Waals surface area contributed by atoms with Crippen molar-refractivity contribution in [1.29, 1.82) is 0 Å². The molecule has 2 atom stereocenters. The van der Waals surface area contributed by atoms with Gasteiger partial charge in [0.05, 0.1) is 12.6 Å². The lowest BCUT2D eigenvalue weighted by molar-refractivity contribution is 0.0374. The first-order chi connectivity index (χ1) is 9.74. The molecule has 1 aromatic rings. The number of aliphatic imine (C=N–C) groups is 1. The summed E-state index contributed by atoms with van der Waals surface area (Å²) in [6, 6.07) is 10.6. The van der Waals surface area contributed by atoms with E-state index < -0.39 is 0 Å². The minimum absolute atomic E-state index is 0.0174. The molecular weight excluding hydrogens is 253 g/mol. The van der Waals surface area contributed by atoms with Crippen molar-refractivity contribution in [3.05, 3.63) is 35.9 Å². The molecule has 0 bridgehead atoms. The van der Waals surface area contributed by atoms with Crippen molar-refractivity contribution in [1.82, 2.24) is 9.80 Å². The van der Waals surface area contributed by atoms with Crippen molar-refractivity contribution in [2.24, 2.45) is 4.99 Å². The van der Waals surface area contributed by atoms with Crippen molar-refractivity contribution in [3.63, 3.8) is 0 Å². The van der Waals surface area contributed by atoms with E-state index in [4.69, 9.17) is 0 Å². The molecule has 1 aromatic carbocycles. The molecule has 0 amide bonds. The van der Waals surface area contributed by atoms with Crippen molar-refractivity contribution in [2.75, 3.05) is 32.9 Å². The van der Waals surface area contributed by atoms with Crippen molar-refractivity contribution in [2.45, 2.75) is 25.6 Å². The van der Waals surface area contributed by atoms with Crippen LogP contribution in [0.5, 0.6) is 0 Å². The van der Waals surface area contributed by atoms with Crippen LogP contribution in [0, 0.1) is 0 Å². The first kappa shape index (κ1) is 15.1. The fourth-order valence-electron chi connectivity index (χ4n) is 2.79. The molecule has 0 aliphatic carbocycles. The molecule has 0 N–H and O–H groups in total. The van der Waals surface area contributed by atoms with Gasteiger partial charge in [0.15, 0.2) is 0 Å². The van der Waals surface area contributed by atoms with Crippen LogP contribution in [-0.4, -0.2) is 61.5 Å². The Labute approximate surface area is 121 Å². The van der Waals surface area contributed by atoms with Gasteiger partial charge in [0.2, 0.25) is 0 Å². The van der Waals surface area contributed by atoms with E-state index >= 15 is 0 Å². The van der Waals surface area contributed by atoms with Crippen LogP contribution in [0.15, 0.2) is 35.3 Å². The highest BCUT2D eigenvalue weighted by Crippen LogP contribution is 2.16. The number of hydrogen-bond acceptors (Lipinski definition) is 3. The molecule has 0 saturated carbocycles. The highest BCUT2D eigenvalue weighted by atomic mass is 19.1. The van der Waals surface area contributed by atoms with Gasteiger partial charge < -0.3 is 0 Å². The summed E-state index contributed by atoms with van der Waals surface area (Å²) in [6.07, 6.45) is 0. The standard InChI is InChI=1S/C16H24FN3/c1-14(11-18-2)19-8-9-20(16(10-17)13-19)12-15-6-4-3-5-7-15/h3-7,14,16H,2,8-13H2,1H3/t14-,16?/m1/s1. The molecule has 20 heavy (non-hydrogen) atoms. The molecule has 0 radical (unpaired) electrons. The topological polar surface area (TPSA) is 18.8 Å². The third-order valence-electron chi connectivity index (χ3n) is 4.06. The zero-order chi connectivity index (χ0) is 14.4. The van der Waals surface area contributed by atoms with Crippen LogP contribution >= 0.6 is 0 Å². The number of benzene rings is 1. The number of nitrogens with zero attached hydrogens (tertiary/aromatic N) is 3. The first-order valence-corrected chi connectivity index (χ1v) is 7.25. The Kier molecular flexibility index (Phi) is 5.68. The van der Waals surface area contributed by atoms with E-state index in [0.29, 0.717) is 6.04 Å². The van der Waals surface area contributed by atoms with Gasteiger partial charge in [0.25, 0.3) is 0 Å². The molecule has 2 rings (SSSR count). The van der Waals surface area contributed by atoms with Crippen molar-refractivity contribution < 1.29 is 4.39 Å². The molecule has 110 valence electrons. The molecule has 4 heteroatoms. The summed E-state index contributed by atoms with van der Waals surface area (Å²) in [7, 11) is 0. The summed E-state index contributed by atoms with van der Waals surface area (Å²) in [5.41, 5.74) is 1.25. The van der Waals surface area contributed by atoms with Crippen LogP contribution in [0.3, 0.4) is 0 Å². The van der Waals surface area contributed by atoms with Gasteiger partial charge in [-0.15, -0.1) is 0 Å². The minimum atomic E-state index is -0.294. The van der Waals surface area contributed by atoms with Crippen LogP contribution in [0.25, 0.3) is 0 Å².